The van der Waals surface area contributed by atoms with Gasteiger partial charge >= 0.3 is 0 Å². The molecule has 0 spiro atoms. The normalized spacial score (nSPS) is 25.4. The molecule has 2 bridgehead atoms. The van der Waals surface area contributed by atoms with Gasteiger partial charge in [0.25, 0.3) is 0 Å². The summed E-state index contributed by atoms with van der Waals surface area (Å²) in [4.78, 5) is 2.63. The summed E-state index contributed by atoms with van der Waals surface area (Å²) in [5, 5.41) is 0. The average Bonchev–Trinajstić information content (AvgIpc) is 2.85. The van der Waals surface area contributed by atoms with Crippen LogP contribution in [0.4, 0.5) is 0 Å². The Morgan fingerprint density at radius 2 is 1.86 bits per heavy atom. The molecule has 1 saturated heterocycles. The summed E-state index contributed by atoms with van der Waals surface area (Å²) < 4.78 is 6.54. The predicted octanol–water partition coefficient (Wildman–Crippen LogP) is 4.42. The van der Waals surface area contributed by atoms with E-state index in [1.165, 1.54) is 32.2 Å². The summed E-state index contributed by atoms with van der Waals surface area (Å²) in [6.07, 6.45) is 5.12. The molecule has 2 atom stereocenters. The van der Waals surface area contributed by atoms with Crippen molar-refractivity contribution in [3.63, 3.8) is 0 Å². The second-order valence-electron chi connectivity index (χ2n) is 6.41. The first-order chi connectivity index (χ1) is 10.3. The van der Waals surface area contributed by atoms with Crippen LogP contribution in [0.5, 0.6) is 0 Å². The minimum Gasteiger partial charge on any atom is -0.453 e. The topological polar surface area (TPSA) is 16.4 Å². The molecule has 3 heteroatoms. The molecule has 2 aliphatic heterocycles. The lowest BCUT2D eigenvalue weighted by Crippen LogP contribution is -2.46. The maximum atomic E-state index is 5.71. The number of hydrogen-bond acceptors (Lipinski definition) is 2. The molecule has 2 aromatic rings. The van der Waals surface area contributed by atoms with Gasteiger partial charge in [-0.1, -0.05) is 24.3 Å². The van der Waals surface area contributed by atoms with Crippen LogP contribution in [0.25, 0.3) is 0 Å². The minimum atomic E-state index is 0.659. The molecule has 0 radical (unpaired) electrons. The zero-order valence-electron chi connectivity index (χ0n) is 12.1. The van der Waals surface area contributed by atoms with Gasteiger partial charge in [-0.3, -0.25) is 4.90 Å². The molecule has 0 saturated carbocycles. The highest BCUT2D eigenvalue weighted by Gasteiger charge is 2.32. The van der Waals surface area contributed by atoms with Crippen LogP contribution < -0.4 is 0 Å². The van der Waals surface area contributed by atoms with Crippen LogP contribution in [0.2, 0.25) is 0 Å². The second kappa shape index (κ2) is 5.62. The smallest absolute Gasteiger partial charge is 0.169 e. The predicted molar refractivity (Wildman–Crippen MR) is 87.2 cm³/mol. The number of nitrogens with zero attached hydrogens (tertiary/aromatic N) is 1. The molecule has 0 N–H and O–H groups in total. The Hall–Kier alpha value is -1.06. The Morgan fingerprint density at radius 3 is 2.62 bits per heavy atom. The number of halogens is 1. The Labute approximate surface area is 134 Å². The molecule has 110 valence electrons. The van der Waals surface area contributed by atoms with Crippen molar-refractivity contribution in [3.8, 4) is 0 Å². The van der Waals surface area contributed by atoms with Gasteiger partial charge in [0.2, 0.25) is 0 Å². The Kier molecular flexibility index (Phi) is 3.64. The third-order valence-corrected chi connectivity index (χ3v) is 5.41. The lowest BCUT2D eigenvalue weighted by atomic mass is 9.80. The van der Waals surface area contributed by atoms with Crippen molar-refractivity contribution >= 4 is 15.9 Å². The third kappa shape index (κ3) is 2.82. The summed E-state index contributed by atoms with van der Waals surface area (Å²) >= 11 is 3.40. The first-order valence-electron chi connectivity index (χ1n) is 7.83. The van der Waals surface area contributed by atoms with Gasteiger partial charge in [0.05, 0.1) is 6.54 Å². The highest BCUT2D eigenvalue weighted by atomic mass is 79.9. The summed E-state index contributed by atoms with van der Waals surface area (Å²) in [5.41, 5.74) is 3.13. The Bertz CT molecular complexity index is 636. The van der Waals surface area contributed by atoms with Gasteiger partial charge in [0, 0.05) is 12.6 Å². The quantitative estimate of drug-likeness (QED) is 0.800. The molecular formula is C18H20BrNO. The molecule has 1 aliphatic carbocycles. The minimum absolute atomic E-state index is 0.659. The van der Waals surface area contributed by atoms with E-state index in [1.54, 1.807) is 11.1 Å². The van der Waals surface area contributed by atoms with E-state index in [9.17, 15) is 0 Å². The van der Waals surface area contributed by atoms with Gasteiger partial charge < -0.3 is 4.42 Å². The van der Waals surface area contributed by atoms with E-state index < -0.39 is 0 Å². The molecule has 3 aliphatic rings. The molecule has 5 rings (SSSR count). The van der Waals surface area contributed by atoms with E-state index in [0.717, 1.165) is 22.9 Å². The highest BCUT2D eigenvalue weighted by Crippen LogP contribution is 2.33. The molecule has 1 aromatic heterocycles. The molecule has 0 amide bonds. The number of piperidine rings is 1. The zero-order valence-corrected chi connectivity index (χ0v) is 13.7. The molecule has 3 heterocycles. The van der Waals surface area contributed by atoms with Crippen molar-refractivity contribution < 1.29 is 4.42 Å². The third-order valence-electron chi connectivity index (χ3n) is 4.99. The van der Waals surface area contributed by atoms with E-state index in [-0.39, 0.29) is 0 Å². The summed E-state index contributed by atoms with van der Waals surface area (Å²) in [7, 11) is 0. The lowest BCUT2D eigenvalue weighted by molar-refractivity contribution is 0.0864. The van der Waals surface area contributed by atoms with E-state index in [1.807, 2.05) is 6.07 Å². The van der Waals surface area contributed by atoms with Crippen LogP contribution in [0.15, 0.2) is 45.5 Å². The van der Waals surface area contributed by atoms with Crippen molar-refractivity contribution in [1.82, 2.24) is 4.90 Å². The summed E-state index contributed by atoms with van der Waals surface area (Å²) in [6.45, 7) is 2.15. The van der Waals surface area contributed by atoms with Crippen LogP contribution in [-0.2, 0) is 19.4 Å². The number of benzene rings is 1. The fraction of sp³-hybridized carbons (Fsp3) is 0.444. The second-order valence-corrected chi connectivity index (χ2v) is 7.19. The van der Waals surface area contributed by atoms with Gasteiger partial charge in [0.1, 0.15) is 5.76 Å². The van der Waals surface area contributed by atoms with Gasteiger partial charge in [-0.2, -0.15) is 0 Å². The van der Waals surface area contributed by atoms with Crippen LogP contribution in [-0.4, -0.2) is 17.5 Å². The number of rotatable bonds is 2. The summed E-state index contributed by atoms with van der Waals surface area (Å²) in [6, 6.07) is 13.7. The van der Waals surface area contributed by atoms with Crippen molar-refractivity contribution in [2.45, 2.75) is 38.3 Å². The first-order valence-corrected chi connectivity index (χ1v) is 8.62. The van der Waals surface area contributed by atoms with Gasteiger partial charge in [-0.25, -0.2) is 0 Å². The van der Waals surface area contributed by atoms with Crippen LogP contribution in [0, 0.1) is 5.92 Å². The van der Waals surface area contributed by atoms with Gasteiger partial charge in [-0.05, 0) is 70.8 Å². The first kappa shape index (κ1) is 13.6. The van der Waals surface area contributed by atoms with E-state index in [4.69, 9.17) is 4.42 Å². The Morgan fingerprint density at radius 1 is 1.05 bits per heavy atom. The molecule has 1 aromatic carbocycles. The highest BCUT2D eigenvalue weighted by molar-refractivity contribution is 9.10. The fourth-order valence-electron chi connectivity index (χ4n) is 3.93. The number of fused-ring (bicyclic) bond motifs is 2. The van der Waals surface area contributed by atoms with Gasteiger partial charge in [0.15, 0.2) is 4.67 Å². The largest absolute Gasteiger partial charge is 0.453 e. The standard InChI is InChI=1S/C18H20BrNO/c19-18-8-7-17(21-18)12-20-11-13-5-6-16(20)10-15-4-2-1-3-14(15)9-13/h1-4,7-8,13,16H,5-6,9-12H2. The van der Waals surface area contributed by atoms with Crippen molar-refractivity contribution in [3.05, 3.63) is 58.0 Å². The molecule has 2 nitrogen and oxygen atoms in total. The van der Waals surface area contributed by atoms with Crippen LogP contribution in [0.3, 0.4) is 0 Å². The molecule has 2 unspecified atom stereocenters. The maximum absolute atomic E-state index is 5.71. The molecule has 21 heavy (non-hydrogen) atoms. The summed E-state index contributed by atoms with van der Waals surface area (Å²) in [5.74, 6) is 1.86. The lowest BCUT2D eigenvalue weighted by Gasteiger charge is -2.42. The van der Waals surface area contributed by atoms with Gasteiger partial charge in [-0.15, -0.1) is 0 Å². The van der Waals surface area contributed by atoms with E-state index >= 15 is 0 Å². The van der Waals surface area contributed by atoms with Crippen LogP contribution in [0.1, 0.15) is 29.7 Å². The number of furan rings is 1. The van der Waals surface area contributed by atoms with Crippen molar-refractivity contribution in [1.29, 1.82) is 0 Å². The molecular weight excluding hydrogens is 326 g/mol. The number of hydrogen-bond donors (Lipinski definition) is 0. The van der Waals surface area contributed by atoms with Crippen molar-refractivity contribution in [2.24, 2.45) is 5.92 Å². The van der Waals surface area contributed by atoms with E-state index in [0.29, 0.717) is 6.04 Å². The SMILES string of the molecule is Brc1ccc(CN2CC3CCC2Cc2ccccc2C3)o1. The average molecular weight is 346 g/mol. The maximum Gasteiger partial charge on any atom is 0.169 e. The zero-order chi connectivity index (χ0) is 14.2. The fourth-order valence-corrected chi connectivity index (χ4v) is 4.27. The molecule has 1 fully saturated rings. The van der Waals surface area contributed by atoms with Crippen LogP contribution >= 0.6 is 15.9 Å². The Balaban J connectivity index is 1.58. The van der Waals surface area contributed by atoms with Crippen molar-refractivity contribution in [2.75, 3.05) is 6.54 Å². The van der Waals surface area contributed by atoms with E-state index in [2.05, 4.69) is 51.2 Å². The monoisotopic (exact) mass is 345 g/mol.